The molecule has 0 bridgehead atoms. The molecule has 7 heteroatoms. The average Bonchev–Trinajstić information content (AvgIpc) is 3.38. The minimum absolute atomic E-state index is 0.0885. The van der Waals surface area contributed by atoms with Gasteiger partial charge in [-0.05, 0) is 59.9 Å². The van der Waals surface area contributed by atoms with Crippen molar-refractivity contribution < 1.29 is 14.3 Å². The molecule has 0 radical (unpaired) electrons. The number of para-hydroxylation sites is 1. The average molecular weight is 524 g/mol. The number of hydrogen-bond acceptors (Lipinski definition) is 5. The maximum atomic E-state index is 13.0. The number of carbonyl (C=O) groups excluding carboxylic acids is 1. The summed E-state index contributed by atoms with van der Waals surface area (Å²) in [6.07, 6.45) is 0.851. The molecule has 1 fully saturated rings. The fourth-order valence-electron chi connectivity index (χ4n) is 3.95. The van der Waals surface area contributed by atoms with E-state index in [1.807, 2.05) is 62.4 Å². The highest BCUT2D eigenvalue weighted by molar-refractivity contribution is 8.04. The molecule has 3 atom stereocenters. The van der Waals surface area contributed by atoms with E-state index in [1.54, 1.807) is 36.4 Å². The molecule has 3 unspecified atom stereocenters. The minimum atomic E-state index is -1.04. The second-order valence-electron chi connectivity index (χ2n) is 8.79. The zero-order valence-electron chi connectivity index (χ0n) is 19.2. The van der Waals surface area contributed by atoms with Crippen LogP contribution in [0.25, 0.3) is 0 Å². The lowest BCUT2D eigenvalue weighted by Gasteiger charge is -2.13. The normalized spacial score (nSPS) is 19.3. The first-order valence-electron chi connectivity index (χ1n) is 11.0. The Morgan fingerprint density at radius 3 is 2.43 bits per heavy atom. The van der Waals surface area contributed by atoms with Crippen molar-refractivity contribution >= 4 is 40.9 Å². The van der Waals surface area contributed by atoms with Crippen molar-refractivity contribution in [3.63, 3.8) is 0 Å². The second kappa shape index (κ2) is 10.8. The summed E-state index contributed by atoms with van der Waals surface area (Å²) in [5.41, 5.74) is 0.229. The maximum absolute atomic E-state index is 13.0. The molecule has 0 aromatic heterocycles. The van der Waals surface area contributed by atoms with Crippen LogP contribution in [0.5, 0.6) is 11.5 Å². The molecule has 0 aliphatic heterocycles. The van der Waals surface area contributed by atoms with Crippen molar-refractivity contribution in [3.8, 4) is 17.6 Å². The smallest absolute Gasteiger partial charge is 0.311 e. The molecule has 3 aromatic carbocycles. The third-order valence-corrected chi connectivity index (χ3v) is 7.44. The largest absolute Gasteiger partial charge is 0.457 e. The summed E-state index contributed by atoms with van der Waals surface area (Å²) in [6.45, 7) is 3.99. The van der Waals surface area contributed by atoms with Crippen molar-refractivity contribution in [2.45, 2.75) is 24.8 Å². The van der Waals surface area contributed by atoms with Crippen LogP contribution in [-0.2, 0) is 9.53 Å². The fourth-order valence-corrected chi connectivity index (χ4v) is 5.19. The first-order valence-corrected chi connectivity index (χ1v) is 12.6. The number of esters is 1. The molecular formula is C28H23Cl2NO3S. The Balaban J connectivity index is 1.42. The van der Waals surface area contributed by atoms with E-state index in [1.165, 1.54) is 11.8 Å². The monoisotopic (exact) mass is 523 g/mol. The number of benzene rings is 3. The maximum Gasteiger partial charge on any atom is 0.311 e. The van der Waals surface area contributed by atoms with Crippen LogP contribution in [-0.4, -0.2) is 5.97 Å². The van der Waals surface area contributed by atoms with Gasteiger partial charge in [-0.15, -0.1) is 0 Å². The molecule has 1 aliphatic carbocycles. The van der Waals surface area contributed by atoms with Gasteiger partial charge in [0.15, 0.2) is 0 Å². The van der Waals surface area contributed by atoms with Gasteiger partial charge in [-0.25, -0.2) is 0 Å². The molecule has 4 nitrogen and oxygen atoms in total. The highest BCUT2D eigenvalue weighted by Crippen LogP contribution is 2.60. The van der Waals surface area contributed by atoms with E-state index in [2.05, 4.69) is 6.07 Å². The van der Waals surface area contributed by atoms with Gasteiger partial charge in [-0.1, -0.05) is 85.2 Å². The number of nitrogens with zero attached hydrogens (tertiary/aromatic N) is 1. The summed E-state index contributed by atoms with van der Waals surface area (Å²) in [5, 5.41) is 10.4. The first kappa shape index (κ1) is 25.2. The van der Waals surface area contributed by atoms with Crippen LogP contribution in [0, 0.1) is 28.6 Å². The van der Waals surface area contributed by atoms with Crippen LogP contribution >= 0.6 is 35.0 Å². The Bertz CT molecular complexity index is 1270. The van der Waals surface area contributed by atoms with Crippen LogP contribution in [0.3, 0.4) is 0 Å². The zero-order valence-corrected chi connectivity index (χ0v) is 21.5. The molecule has 1 saturated carbocycles. The highest BCUT2D eigenvalue weighted by Gasteiger charge is 2.62. The SMILES string of the molecule is CC1(C)C(/C=C(\Cl)Sc2ccc(Cl)cc2)C1C(=O)OC(C#N)c1cccc(Oc2ccccc2)c1. The number of hydrogen-bond donors (Lipinski definition) is 0. The molecule has 178 valence electrons. The van der Waals surface area contributed by atoms with Gasteiger partial charge in [0, 0.05) is 15.5 Å². The summed E-state index contributed by atoms with van der Waals surface area (Å²) < 4.78 is 12.1. The molecule has 0 heterocycles. The minimum Gasteiger partial charge on any atom is -0.457 e. The van der Waals surface area contributed by atoms with Gasteiger partial charge in [0.25, 0.3) is 0 Å². The molecule has 35 heavy (non-hydrogen) atoms. The molecule has 0 spiro atoms. The first-order chi connectivity index (χ1) is 16.8. The lowest BCUT2D eigenvalue weighted by Crippen LogP contribution is -2.14. The summed E-state index contributed by atoms with van der Waals surface area (Å²) >= 11 is 13.8. The van der Waals surface area contributed by atoms with Gasteiger partial charge in [0.1, 0.15) is 17.6 Å². The van der Waals surface area contributed by atoms with Crippen LogP contribution in [0.15, 0.2) is 94.2 Å². The van der Waals surface area contributed by atoms with Crippen LogP contribution in [0.4, 0.5) is 0 Å². The molecular weight excluding hydrogens is 501 g/mol. The highest BCUT2D eigenvalue weighted by atomic mass is 35.5. The summed E-state index contributed by atoms with van der Waals surface area (Å²) in [5.74, 6) is 0.343. The van der Waals surface area contributed by atoms with Crippen molar-refractivity contribution in [1.82, 2.24) is 0 Å². The Kier molecular flexibility index (Phi) is 7.76. The lowest BCUT2D eigenvalue weighted by atomic mass is 10.1. The topological polar surface area (TPSA) is 59.3 Å². The fraction of sp³-hybridized carbons (Fsp3) is 0.214. The summed E-state index contributed by atoms with van der Waals surface area (Å²) in [6, 6.07) is 25.8. The Morgan fingerprint density at radius 2 is 1.74 bits per heavy atom. The number of allylic oxidation sites excluding steroid dienone is 1. The Morgan fingerprint density at radius 1 is 1.06 bits per heavy atom. The number of thioether (sulfide) groups is 1. The number of carbonyl (C=O) groups is 1. The third kappa shape index (κ3) is 6.21. The van der Waals surface area contributed by atoms with Gasteiger partial charge >= 0.3 is 5.97 Å². The van der Waals surface area contributed by atoms with E-state index in [4.69, 9.17) is 32.7 Å². The molecule has 3 aromatic rings. The quantitative estimate of drug-likeness (QED) is 0.219. The number of rotatable bonds is 8. The van der Waals surface area contributed by atoms with Gasteiger partial charge in [0.2, 0.25) is 6.10 Å². The van der Waals surface area contributed by atoms with E-state index in [0.717, 1.165) is 4.90 Å². The van der Waals surface area contributed by atoms with Gasteiger partial charge in [0.05, 0.1) is 10.3 Å². The Labute approximate surface area is 219 Å². The lowest BCUT2D eigenvalue weighted by molar-refractivity contribution is -0.149. The molecule has 4 rings (SSSR count). The third-order valence-electron chi connectivity index (χ3n) is 6.00. The summed E-state index contributed by atoms with van der Waals surface area (Å²) in [7, 11) is 0. The van der Waals surface area contributed by atoms with E-state index in [0.29, 0.717) is 26.4 Å². The second-order valence-corrected chi connectivity index (χ2v) is 11.0. The van der Waals surface area contributed by atoms with Crippen molar-refractivity contribution in [2.24, 2.45) is 17.3 Å². The number of nitriles is 1. The van der Waals surface area contributed by atoms with Gasteiger partial charge in [-0.2, -0.15) is 5.26 Å². The van der Waals surface area contributed by atoms with E-state index in [-0.39, 0.29) is 17.3 Å². The van der Waals surface area contributed by atoms with E-state index in [9.17, 15) is 10.1 Å². The number of halogens is 2. The zero-order chi connectivity index (χ0) is 25.0. The van der Waals surface area contributed by atoms with E-state index >= 15 is 0 Å². The van der Waals surface area contributed by atoms with Gasteiger partial charge < -0.3 is 9.47 Å². The molecule has 0 amide bonds. The number of ether oxygens (including phenoxy) is 2. The van der Waals surface area contributed by atoms with Crippen molar-refractivity contribution in [1.29, 1.82) is 5.26 Å². The standard InChI is InChI=1S/C28H23Cl2NO3S/c1-28(2)23(16-25(30)35-22-13-11-19(29)12-14-22)26(28)27(32)34-24(17-31)18-7-6-10-21(15-18)33-20-8-4-3-5-9-20/h3-16,23-24,26H,1-2H3/b25-16+. The van der Waals surface area contributed by atoms with Crippen LogP contribution < -0.4 is 4.74 Å². The van der Waals surface area contributed by atoms with Crippen LogP contribution in [0.1, 0.15) is 25.5 Å². The predicted molar refractivity (Wildman–Crippen MR) is 139 cm³/mol. The van der Waals surface area contributed by atoms with E-state index < -0.39 is 12.1 Å². The summed E-state index contributed by atoms with van der Waals surface area (Å²) in [4.78, 5) is 14.0. The van der Waals surface area contributed by atoms with Crippen LogP contribution in [0.2, 0.25) is 5.02 Å². The molecule has 1 aliphatic rings. The van der Waals surface area contributed by atoms with Gasteiger partial charge in [-0.3, -0.25) is 4.79 Å². The molecule has 0 saturated heterocycles. The molecule has 0 N–H and O–H groups in total. The van der Waals surface area contributed by atoms with Crippen molar-refractivity contribution in [3.05, 3.63) is 99.9 Å². The predicted octanol–water partition coefficient (Wildman–Crippen LogP) is 8.38. The Hall–Kier alpha value is -2.91. The van der Waals surface area contributed by atoms with Crippen molar-refractivity contribution in [2.75, 3.05) is 0 Å².